The molecule has 0 aliphatic heterocycles. The van der Waals surface area contributed by atoms with Crippen molar-refractivity contribution >= 4 is 23.2 Å². The summed E-state index contributed by atoms with van der Waals surface area (Å²) >= 11 is 11.7. The Hall–Kier alpha value is -0.280. The Bertz CT molecular complexity index is 313. The highest BCUT2D eigenvalue weighted by Crippen LogP contribution is 2.22. The van der Waals surface area contributed by atoms with Gasteiger partial charge < -0.3 is 11.1 Å². The van der Waals surface area contributed by atoms with Gasteiger partial charge in [-0.15, -0.1) is 0 Å². The maximum Gasteiger partial charge on any atom is 0.0595 e. The van der Waals surface area contributed by atoms with Gasteiger partial charge >= 0.3 is 0 Å². The lowest BCUT2D eigenvalue weighted by atomic mass is 10.1. The minimum Gasteiger partial charge on any atom is -0.327 e. The topological polar surface area (TPSA) is 38.0 Å². The molecule has 3 N–H and O–H groups in total. The molecule has 15 heavy (non-hydrogen) atoms. The van der Waals surface area contributed by atoms with Crippen LogP contribution in [0.2, 0.25) is 10.0 Å². The van der Waals surface area contributed by atoms with Gasteiger partial charge in [0.05, 0.1) is 10.0 Å². The first-order valence-corrected chi connectivity index (χ1v) is 5.75. The van der Waals surface area contributed by atoms with Crippen LogP contribution in [-0.2, 0) is 6.42 Å². The third kappa shape index (κ3) is 4.85. The first-order valence-electron chi connectivity index (χ1n) is 5.00. The monoisotopic (exact) mass is 246 g/mol. The van der Waals surface area contributed by atoms with Gasteiger partial charge in [0.1, 0.15) is 0 Å². The first kappa shape index (κ1) is 12.8. The zero-order chi connectivity index (χ0) is 11.3. The molecule has 0 spiro atoms. The lowest BCUT2D eigenvalue weighted by Gasteiger charge is -2.07. The maximum atomic E-state index is 5.90. The molecule has 0 aromatic heterocycles. The summed E-state index contributed by atoms with van der Waals surface area (Å²) in [6, 6.07) is 5.91. The third-order valence-corrected chi connectivity index (χ3v) is 2.78. The van der Waals surface area contributed by atoms with Crippen molar-refractivity contribution in [2.24, 2.45) is 5.73 Å². The molecule has 1 rings (SSSR count). The quantitative estimate of drug-likeness (QED) is 0.784. The average molecular weight is 247 g/mol. The number of hydrogen-bond acceptors (Lipinski definition) is 2. The van der Waals surface area contributed by atoms with Crippen LogP contribution >= 0.6 is 23.2 Å². The van der Waals surface area contributed by atoms with Crippen LogP contribution in [-0.4, -0.2) is 19.1 Å². The molecule has 4 heteroatoms. The minimum atomic E-state index is 0.193. The molecule has 84 valence electrons. The smallest absolute Gasteiger partial charge is 0.0595 e. The molecule has 0 saturated carbocycles. The van der Waals surface area contributed by atoms with E-state index in [1.54, 1.807) is 0 Å². The van der Waals surface area contributed by atoms with Gasteiger partial charge in [0.15, 0.2) is 0 Å². The number of rotatable bonds is 5. The van der Waals surface area contributed by atoms with Gasteiger partial charge in [-0.1, -0.05) is 29.3 Å². The Morgan fingerprint density at radius 1 is 1.33 bits per heavy atom. The highest BCUT2D eigenvalue weighted by atomic mass is 35.5. The molecule has 0 heterocycles. The van der Waals surface area contributed by atoms with E-state index in [2.05, 4.69) is 5.32 Å². The molecule has 0 aliphatic rings. The molecular weight excluding hydrogens is 231 g/mol. The summed E-state index contributed by atoms with van der Waals surface area (Å²) in [6.45, 7) is 3.72. The van der Waals surface area contributed by atoms with Crippen molar-refractivity contribution in [3.63, 3.8) is 0 Å². The average Bonchev–Trinajstić information content (AvgIpc) is 2.18. The Morgan fingerprint density at radius 2 is 2.07 bits per heavy atom. The standard InChI is InChI=1S/C11H16Cl2N2/c1-8(14)7-15-5-4-9-2-3-10(12)11(13)6-9/h2-3,6,8,15H,4-5,7,14H2,1H3. The minimum absolute atomic E-state index is 0.193. The lowest BCUT2D eigenvalue weighted by molar-refractivity contribution is 0.609. The van der Waals surface area contributed by atoms with Crippen LogP contribution in [0.25, 0.3) is 0 Å². The summed E-state index contributed by atoms with van der Waals surface area (Å²) in [5.41, 5.74) is 6.80. The highest BCUT2D eigenvalue weighted by Gasteiger charge is 1.99. The molecule has 1 unspecified atom stereocenters. The molecule has 1 aromatic rings. The van der Waals surface area contributed by atoms with Crippen molar-refractivity contribution in [3.05, 3.63) is 33.8 Å². The molecule has 1 aromatic carbocycles. The normalized spacial score (nSPS) is 12.8. The van der Waals surface area contributed by atoms with Crippen LogP contribution in [0.5, 0.6) is 0 Å². The van der Waals surface area contributed by atoms with Crippen molar-refractivity contribution in [2.75, 3.05) is 13.1 Å². The molecule has 2 nitrogen and oxygen atoms in total. The fourth-order valence-electron chi connectivity index (χ4n) is 1.26. The molecule has 0 bridgehead atoms. The number of hydrogen-bond donors (Lipinski definition) is 2. The van der Waals surface area contributed by atoms with Gasteiger partial charge in [-0.25, -0.2) is 0 Å². The van der Waals surface area contributed by atoms with Crippen molar-refractivity contribution in [3.8, 4) is 0 Å². The van der Waals surface area contributed by atoms with Crippen molar-refractivity contribution < 1.29 is 0 Å². The zero-order valence-corrected chi connectivity index (χ0v) is 10.3. The highest BCUT2D eigenvalue weighted by molar-refractivity contribution is 6.42. The maximum absolute atomic E-state index is 5.90. The van der Waals surface area contributed by atoms with E-state index in [1.165, 1.54) is 5.56 Å². The second-order valence-electron chi connectivity index (χ2n) is 3.68. The zero-order valence-electron chi connectivity index (χ0n) is 8.76. The Morgan fingerprint density at radius 3 is 2.67 bits per heavy atom. The van der Waals surface area contributed by atoms with E-state index in [0.717, 1.165) is 19.5 Å². The van der Waals surface area contributed by atoms with Gasteiger partial charge in [-0.3, -0.25) is 0 Å². The second kappa shape index (κ2) is 6.33. The molecule has 0 radical (unpaired) electrons. The second-order valence-corrected chi connectivity index (χ2v) is 4.49. The van der Waals surface area contributed by atoms with Crippen molar-refractivity contribution in [1.29, 1.82) is 0 Å². The van der Waals surface area contributed by atoms with Gasteiger partial charge in [-0.05, 0) is 37.6 Å². The van der Waals surface area contributed by atoms with E-state index in [9.17, 15) is 0 Å². The van der Waals surface area contributed by atoms with Crippen LogP contribution in [0, 0.1) is 0 Å². The largest absolute Gasteiger partial charge is 0.327 e. The van der Waals surface area contributed by atoms with Crippen molar-refractivity contribution in [1.82, 2.24) is 5.32 Å². The summed E-state index contributed by atoms with van der Waals surface area (Å²) < 4.78 is 0. The van der Waals surface area contributed by atoms with E-state index < -0.39 is 0 Å². The molecule has 0 amide bonds. The number of benzene rings is 1. The van der Waals surface area contributed by atoms with Gasteiger partial charge in [-0.2, -0.15) is 0 Å². The number of nitrogens with two attached hydrogens (primary N) is 1. The molecular formula is C11H16Cl2N2. The van der Waals surface area contributed by atoms with E-state index in [1.807, 2.05) is 25.1 Å². The van der Waals surface area contributed by atoms with Crippen molar-refractivity contribution in [2.45, 2.75) is 19.4 Å². The van der Waals surface area contributed by atoms with Crippen LogP contribution in [0.1, 0.15) is 12.5 Å². The Balaban J connectivity index is 2.35. The van der Waals surface area contributed by atoms with Crippen LogP contribution < -0.4 is 11.1 Å². The SMILES string of the molecule is CC(N)CNCCc1ccc(Cl)c(Cl)c1. The van der Waals surface area contributed by atoms with Crippen LogP contribution in [0.4, 0.5) is 0 Å². The fraction of sp³-hybridized carbons (Fsp3) is 0.455. The summed E-state index contributed by atoms with van der Waals surface area (Å²) in [5.74, 6) is 0. The van der Waals surface area contributed by atoms with E-state index in [-0.39, 0.29) is 6.04 Å². The fourth-order valence-corrected chi connectivity index (χ4v) is 1.58. The van der Waals surface area contributed by atoms with E-state index in [0.29, 0.717) is 10.0 Å². The summed E-state index contributed by atoms with van der Waals surface area (Å²) in [6.07, 6.45) is 0.934. The first-order chi connectivity index (χ1) is 7.09. The van der Waals surface area contributed by atoms with Gasteiger partial charge in [0.2, 0.25) is 0 Å². The molecule has 0 aliphatic carbocycles. The Labute approximate surface area is 101 Å². The summed E-state index contributed by atoms with van der Waals surface area (Å²) in [7, 11) is 0. The van der Waals surface area contributed by atoms with Gasteiger partial charge in [0.25, 0.3) is 0 Å². The van der Waals surface area contributed by atoms with Crippen LogP contribution in [0.15, 0.2) is 18.2 Å². The number of halogens is 2. The molecule has 0 saturated heterocycles. The third-order valence-electron chi connectivity index (χ3n) is 2.04. The van der Waals surface area contributed by atoms with E-state index >= 15 is 0 Å². The Kier molecular flexibility index (Phi) is 5.40. The molecule has 0 fully saturated rings. The van der Waals surface area contributed by atoms with Crippen LogP contribution in [0.3, 0.4) is 0 Å². The predicted molar refractivity (Wildman–Crippen MR) is 66.7 cm³/mol. The lowest BCUT2D eigenvalue weighted by Crippen LogP contribution is -2.32. The summed E-state index contributed by atoms with van der Waals surface area (Å²) in [4.78, 5) is 0. The predicted octanol–water partition coefficient (Wildman–Crippen LogP) is 2.47. The molecule has 1 atom stereocenters. The number of nitrogens with one attached hydrogen (secondary N) is 1. The van der Waals surface area contributed by atoms with Gasteiger partial charge in [0, 0.05) is 12.6 Å². The van der Waals surface area contributed by atoms with E-state index in [4.69, 9.17) is 28.9 Å². The summed E-state index contributed by atoms with van der Waals surface area (Å²) in [5, 5.41) is 4.48.